The molecule has 0 aliphatic heterocycles. The molecule has 0 aromatic carbocycles. The molecule has 0 atom stereocenters. The molecule has 1 heterocycles. The third-order valence-corrected chi connectivity index (χ3v) is 6.90. The average molecular weight is 503 g/mol. The van der Waals surface area contributed by atoms with Gasteiger partial charge in [0, 0.05) is 12.4 Å². The quantitative estimate of drug-likeness (QED) is 0.197. The number of aromatic nitrogens is 2. The Kier molecular flexibility index (Phi) is 13.4. The molecule has 0 saturated heterocycles. The lowest BCUT2D eigenvalue weighted by Crippen LogP contribution is -2.23. The molecule has 1 aromatic heterocycles. The van der Waals surface area contributed by atoms with E-state index in [4.69, 9.17) is 19.7 Å². The van der Waals surface area contributed by atoms with Gasteiger partial charge < -0.3 is 19.7 Å². The number of unbranched alkanes of at least 4 members (excludes halogenated alkanes) is 2. The first-order chi connectivity index (χ1) is 17.4. The van der Waals surface area contributed by atoms with Crippen LogP contribution in [-0.2, 0) is 25.5 Å². The van der Waals surface area contributed by atoms with Crippen LogP contribution in [0.2, 0.25) is 0 Å². The number of hydrogen-bond acceptors (Lipinski definition) is 8. The fraction of sp³-hybridized carbons (Fsp3) is 0.643. The van der Waals surface area contributed by atoms with Crippen LogP contribution in [0.1, 0.15) is 82.0 Å². The van der Waals surface area contributed by atoms with Crippen molar-refractivity contribution in [3.8, 4) is 0 Å². The molecule has 0 unspecified atom stereocenters. The van der Waals surface area contributed by atoms with Gasteiger partial charge in [0.25, 0.3) is 0 Å². The van der Waals surface area contributed by atoms with E-state index in [0.717, 1.165) is 30.2 Å². The van der Waals surface area contributed by atoms with E-state index in [1.165, 1.54) is 51.4 Å². The monoisotopic (exact) mass is 502 g/mol. The molecule has 0 bridgehead atoms. The molecule has 2 rings (SSSR count). The van der Waals surface area contributed by atoms with E-state index < -0.39 is 31.1 Å². The van der Waals surface area contributed by atoms with Gasteiger partial charge in [-0.1, -0.05) is 71.4 Å². The zero-order valence-corrected chi connectivity index (χ0v) is 21.6. The van der Waals surface area contributed by atoms with Crippen molar-refractivity contribution >= 4 is 11.9 Å². The smallest absolute Gasteiger partial charge is 0.335 e. The Morgan fingerprint density at radius 2 is 1.42 bits per heavy atom. The molecular weight excluding hydrogens is 460 g/mol. The molecule has 200 valence electrons. The van der Waals surface area contributed by atoms with Gasteiger partial charge in [-0.2, -0.15) is 0 Å². The number of rotatable bonds is 16. The molecule has 8 nitrogen and oxygen atoms in total. The van der Waals surface area contributed by atoms with Crippen LogP contribution in [0.25, 0.3) is 0 Å². The number of hydrogen-bond donors (Lipinski definition) is 2. The summed E-state index contributed by atoms with van der Waals surface area (Å²) in [4.78, 5) is 32.7. The van der Waals surface area contributed by atoms with Crippen molar-refractivity contribution in [3.63, 3.8) is 0 Å². The van der Waals surface area contributed by atoms with E-state index in [-0.39, 0.29) is 24.4 Å². The van der Waals surface area contributed by atoms with Gasteiger partial charge in [-0.3, -0.25) is 0 Å². The molecule has 1 aliphatic rings. The van der Waals surface area contributed by atoms with E-state index in [1.54, 1.807) is 12.4 Å². The maximum absolute atomic E-state index is 11.9. The number of aliphatic hydroxyl groups is 2. The molecule has 36 heavy (non-hydrogen) atoms. The number of aliphatic hydroxyl groups excluding tert-OH is 2. The van der Waals surface area contributed by atoms with Crippen molar-refractivity contribution < 1.29 is 29.3 Å². The lowest BCUT2D eigenvalue weighted by atomic mass is 9.78. The summed E-state index contributed by atoms with van der Waals surface area (Å²) in [6, 6.07) is 0. The maximum atomic E-state index is 11.9. The number of esters is 2. The molecule has 1 fully saturated rings. The second-order valence-electron chi connectivity index (χ2n) is 9.79. The van der Waals surface area contributed by atoms with Gasteiger partial charge in [-0.05, 0) is 30.2 Å². The van der Waals surface area contributed by atoms with Gasteiger partial charge in [0.2, 0.25) is 0 Å². The Bertz CT molecular complexity index is 814. The molecular formula is C28H42N2O6. The molecule has 0 amide bonds. The van der Waals surface area contributed by atoms with Gasteiger partial charge in [0.05, 0.1) is 30.3 Å². The topological polar surface area (TPSA) is 119 Å². The van der Waals surface area contributed by atoms with Gasteiger partial charge in [-0.25, -0.2) is 19.6 Å². The summed E-state index contributed by atoms with van der Waals surface area (Å²) in [6.07, 6.45) is 16.2. The maximum Gasteiger partial charge on any atom is 0.335 e. The van der Waals surface area contributed by atoms with Gasteiger partial charge in [-0.15, -0.1) is 0 Å². The van der Waals surface area contributed by atoms with Crippen molar-refractivity contribution in [2.75, 3.05) is 26.4 Å². The summed E-state index contributed by atoms with van der Waals surface area (Å²) in [7, 11) is 0. The number of carbonyl (C=O) groups excluding carboxylic acids is 2. The van der Waals surface area contributed by atoms with E-state index >= 15 is 0 Å². The lowest BCUT2D eigenvalue weighted by molar-refractivity contribution is -0.143. The highest BCUT2D eigenvalue weighted by Crippen LogP contribution is 2.34. The van der Waals surface area contributed by atoms with Crippen LogP contribution in [-0.4, -0.2) is 58.5 Å². The third-order valence-electron chi connectivity index (χ3n) is 6.90. The van der Waals surface area contributed by atoms with Crippen molar-refractivity contribution in [1.82, 2.24) is 9.97 Å². The summed E-state index contributed by atoms with van der Waals surface area (Å²) < 4.78 is 10.4. The van der Waals surface area contributed by atoms with Gasteiger partial charge in [0.1, 0.15) is 19.0 Å². The molecule has 0 spiro atoms. The highest BCUT2D eigenvalue weighted by atomic mass is 16.5. The highest BCUT2D eigenvalue weighted by molar-refractivity contribution is 5.88. The fourth-order valence-corrected chi connectivity index (χ4v) is 4.45. The van der Waals surface area contributed by atoms with Crippen LogP contribution < -0.4 is 0 Å². The van der Waals surface area contributed by atoms with Gasteiger partial charge >= 0.3 is 11.9 Å². The first kappa shape index (κ1) is 29.6. The number of aryl methyl sites for hydroxylation is 1. The number of nitrogens with zero attached hydrogens (tertiary/aromatic N) is 2. The van der Waals surface area contributed by atoms with Crippen LogP contribution in [0.4, 0.5) is 0 Å². The number of ether oxygens (including phenoxy) is 2. The average Bonchev–Trinajstić information content (AvgIpc) is 2.91. The Morgan fingerprint density at radius 1 is 0.917 bits per heavy atom. The zero-order chi connectivity index (χ0) is 26.3. The van der Waals surface area contributed by atoms with Crippen LogP contribution in [0.15, 0.2) is 36.7 Å². The second kappa shape index (κ2) is 16.2. The van der Waals surface area contributed by atoms with Crippen molar-refractivity contribution in [3.05, 3.63) is 48.1 Å². The normalized spacial score (nSPS) is 17.6. The van der Waals surface area contributed by atoms with Crippen molar-refractivity contribution in [2.24, 2.45) is 11.8 Å². The Balaban J connectivity index is 1.89. The summed E-state index contributed by atoms with van der Waals surface area (Å²) in [5.74, 6) is -0.0859. The van der Waals surface area contributed by atoms with Gasteiger partial charge in [0.15, 0.2) is 0 Å². The summed E-state index contributed by atoms with van der Waals surface area (Å²) in [5.41, 5.74) is 0.884. The minimum atomic E-state index is -0.745. The standard InChI is InChI=1S/C28H42N2O6/c1-4-5-6-7-22-8-10-23(11-9-22)12-13-24-14-29-26(30-15-24)25(18-35-27(33)20(2)16-31)19-36-28(34)21(3)17-32/h14-15,22-23,25,31-32H,2-13,16-19H2,1H3. The van der Waals surface area contributed by atoms with Crippen molar-refractivity contribution in [2.45, 2.75) is 77.0 Å². The second-order valence-corrected chi connectivity index (χ2v) is 9.79. The van der Waals surface area contributed by atoms with Crippen LogP contribution in [0.5, 0.6) is 0 Å². The summed E-state index contributed by atoms with van der Waals surface area (Å²) in [6.45, 7) is 7.80. The minimum absolute atomic E-state index is 0.0781. The molecule has 8 heteroatoms. The molecule has 1 aliphatic carbocycles. The van der Waals surface area contributed by atoms with E-state index in [9.17, 15) is 9.59 Å². The molecule has 2 N–H and O–H groups in total. The van der Waals surface area contributed by atoms with Crippen LogP contribution in [0, 0.1) is 11.8 Å². The predicted molar refractivity (Wildman–Crippen MR) is 137 cm³/mol. The number of carbonyl (C=O) groups is 2. The first-order valence-electron chi connectivity index (χ1n) is 13.1. The molecule has 0 radical (unpaired) electrons. The van der Waals surface area contributed by atoms with Crippen LogP contribution in [0.3, 0.4) is 0 Å². The fourth-order valence-electron chi connectivity index (χ4n) is 4.45. The highest BCUT2D eigenvalue weighted by Gasteiger charge is 2.23. The van der Waals surface area contributed by atoms with E-state index in [2.05, 4.69) is 30.0 Å². The van der Waals surface area contributed by atoms with Crippen LogP contribution >= 0.6 is 0 Å². The Morgan fingerprint density at radius 3 is 1.89 bits per heavy atom. The van der Waals surface area contributed by atoms with E-state index in [0.29, 0.717) is 5.82 Å². The minimum Gasteiger partial charge on any atom is -0.461 e. The largest absolute Gasteiger partial charge is 0.461 e. The Labute approximate surface area is 214 Å². The van der Waals surface area contributed by atoms with E-state index in [1.807, 2.05) is 0 Å². The Hall–Kier alpha value is -2.58. The molecule has 1 aromatic rings. The lowest BCUT2D eigenvalue weighted by Gasteiger charge is -2.28. The van der Waals surface area contributed by atoms with Crippen molar-refractivity contribution in [1.29, 1.82) is 0 Å². The predicted octanol–water partition coefficient (Wildman–Crippen LogP) is 4.06. The SMILES string of the molecule is C=C(CO)C(=O)OCC(COC(=O)C(=C)CO)c1ncc(CCC2CCC(CCCCC)CC2)cn1. The summed E-state index contributed by atoms with van der Waals surface area (Å²) in [5, 5.41) is 18.1. The molecule has 1 saturated carbocycles. The third kappa shape index (κ3) is 10.2. The summed E-state index contributed by atoms with van der Waals surface area (Å²) >= 11 is 0. The first-order valence-corrected chi connectivity index (χ1v) is 13.1. The zero-order valence-electron chi connectivity index (χ0n) is 21.6.